The topological polar surface area (TPSA) is 59.0 Å². The van der Waals surface area contributed by atoms with Crippen LogP contribution in [0, 0.1) is 5.92 Å². The SMILES string of the molecule is COCC1CCN(Cc2cc(Cl)ccc2OCC(=O)O)C1. The molecule has 0 amide bonds. The molecule has 1 fully saturated rings. The highest BCUT2D eigenvalue weighted by molar-refractivity contribution is 6.30. The van der Waals surface area contributed by atoms with Gasteiger partial charge in [-0.2, -0.15) is 0 Å². The number of halogens is 1. The lowest BCUT2D eigenvalue weighted by Crippen LogP contribution is -2.22. The third-order valence-electron chi connectivity index (χ3n) is 3.54. The van der Waals surface area contributed by atoms with Crippen molar-refractivity contribution in [3.8, 4) is 5.75 Å². The van der Waals surface area contributed by atoms with E-state index in [1.807, 2.05) is 6.07 Å². The summed E-state index contributed by atoms with van der Waals surface area (Å²) in [6.07, 6.45) is 1.11. The first kappa shape index (κ1) is 16.1. The molecule has 0 aromatic heterocycles. The van der Waals surface area contributed by atoms with Gasteiger partial charge in [-0.25, -0.2) is 4.79 Å². The van der Waals surface area contributed by atoms with Gasteiger partial charge >= 0.3 is 5.97 Å². The summed E-state index contributed by atoms with van der Waals surface area (Å²) < 4.78 is 10.5. The number of ether oxygens (including phenoxy) is 2. The second-order valence-corrected chi connectivity index (χ2v) is 5.72. The summed E-state index contributed by atoms with van der Waals surface area (Å²) in [6.45, 7) is 3.10. The van der Waals surface area contributed by atoms with Crippen LogP contribution in [0.3, 0.4) is 0 Å². The van der Waals surface area contributed by atoms with E-state index in [9.17, 15) is 4.79 Å². The Kier molecular flexibility index (Phi) is 5.85. The average molecular weight is 314 g/mol. The van der Waals surface area contributed by atoms with Gasteiger partial charge in [0.15, 0.2) is 6.61 Å². The minimum absolute atomic E-state index is 0.346. The normalized spacial score (nSPS) is 18.9. The zero-order chi connectivity index (χ0) is 15.2. The average Bonchev–Trinajstić information content (AvgIpc) is 2.85. The van der Waals surface area contributed by atoms with Gasteiger partial charge in [-0.1, -0.05) is 11.6 Å². The molecular formula is C15H20ClNO4. The number of carboxylic acids is 1. The lowest BCUT2D eigenvalue weighted by molar-refractivity contribution is -0.139. The number of nitrogens with zero attached hydrogens (tertiary/aromatic N) is 1. The first-order valence-electron chi connectivity index (χ1n) is 6.93. The number of hydrogen-bond acceptors (Lipinski definition) is 4. The van der Waals surface area contributed by atoms with Gasteiger partial charge in [-0.15, -0.1) is 0 Å². The number of aliphatic carboxylic acids is 1. The lowest BCUT2D eigenvalue weighted by Gasteiger charge is -2.18. The highest BCUT2D eigenvalue weighted by atomic mass is 35.5. The van der Waals surface area contributed by atoms with Crippen LogP contribution in [-0.4, -0.2) is 49.4 Å². The fraction of sp³-hybridized carbons (Fsp3) is 0.533. The molecule has 1 aromatic carbocycles. The van der Waals surface area contributed by atoms with Crippen LogP contribution >= 0.6 is 11.6 Å². The summed E-state index contributed by atoms with van der Waals surface area (Å²) in [4.78, 5) is 12.9. The molecule has 1 aliphatic heterocycles. The van der Waals surface area contributed by atoms with Crippen LogP contribution in [0.15, 0.2) is 18.2 Å². The summed E-state index contributed by atoms with van der Waals surface area (Å²) >= 11 is 6.03. The highest BCUT2D eigenvalue weighted by Crippen LogP contribution is 2.27. The molecule has 1 saturated heterocycles. The van der Waals surface area contributed by atoms with Crippen LogP contribution in [0.1, 0.15) is 12.0 Å². The molecule has 1 unspecified atom stereocenters. The van der Waals surface area contributed by atoms with Crippen molar-refractivity contribution in [3.63, 3.8) is 0 Å². The molecule has 0 radical (unpaired) electrons. The maximum Gasteiger partial charge on any atom is 0.341 e. The molecule has 1 aliphatic rings. The summed E-state index contributed by atoms with van der Waals surface area (Å²) in [5, 5.41) is 9.35. The third kappa shape index (κ3) is 4.88. The van der Waals surface area contributed by atoms with Crippen LogP contribution in [-0.2, 0) is 16.1 Å². The van der Waals surface area contributed by atoms with E-state index in [0.29, 0.717) is 23.2 Å². The van der Waals surface area contributed by atoms with E-state index >= 15 is 0 Å². The van der Waals surface area contributed by atoms with Crippen LogP contribution in [0.4, 0.5) is 0 Å². The van der Waals surface area contributed by atoms with Gasteiger partial charge in [-0.3, -0.25) is 4.90 Å². The van der Waals surface area contributed by atoms with Crippen LogP contribution in [0.2, 0.25) is 5.02 Å². The van der Waals surface area contributed by atoms with Crippen molar-refractivity contribution in [1.82, 2.24) is 4.90 Å². The van der Waals surface area contributed by atoms with Crippen LogP contribution in [0.25, 0.3) is 0 Å². The van der Waals surface area contributed by atoms with E-state index in [1.54, 1.807) is 19.2 Å². The Labute approximate surface area is 129 Å². The molecule has 0 spiro atoms. The Morgan fingerprint density at radius 1 is 1.52 bits per heavy atom. The van der Waals surface area contributed by atoms with E-state index in [4.69, 9.17) is 26.2 Å². The Morgan fingerprint density at radius 2 is 2.33 bits per heavy atom. The molecule has 1 aromatic rings. The Bertz CT molecular complexity index is 495. The molecule has 0 aliphatic carbocycles. The summed E-state index contributed by atoms with van der Waals surface area (Å²) in [7, 11) is 1.72. The first-order valence-corrected chi connectivity index (χ1v) is 7.30. The standard InChI is InChI=1S/C15H20ClNO4/c1-20-9-11-4-5-17(7-11)8-12-6-13(16)2-3-14(12)21-10-15(18)19/h2-3,6,11H,4-5,7-10H2,1H3,(H,18,19). The molecular weight excluding hydrogens is 294 g/mol. The van der Waals surface area contributed by atoms with E-state index in [1.165, 1.54) is 0 Å². The highest BCUT2D eigenvalue weighted by Gasteiger charge is 2.23. The van der Waals surface area contributed by atoms with E-state index < -0.39 is 5.97 Å². The van der Waals surface area contributed by atoms with Gasteiger partial charge in [0.25, 0.3) is 0 Å². The molecule has 1 atom stereocenters. The minimum Gasteiger partial charge on any atom is -0.482 e. The van der Waals surface area contributed by atoms with Crippen molar-refractivity contribution in [2.24, 2.45) is 5.92 Å². The van der Waals surface area contributed by atoms with Crippen LogP contribution < -0.4 is 4.74 Å². The molecule has 1 N–H and O–H groups in total. The zero-order valence-corrected chi connectivity index (χ0v) is 12.8. The maximum atomic E-state index is 10.6. The summed E-state index contributed by atoms with van der Waals surface area (Å²) in [5.41, 5.74) is 0.918. The minimum atomic E-state index is -0.989. The number of methoxy groups -OCH3 is 1. The zero-order valence-electron chi connectivity index (χ0n) is 12.0. The predicted molar refractivity (Wildman–Crippen MR) is 79.8 cm³/mol. The van der Waals surface area contributed by atoms with E-state index in [2.05, 4.69) is 4.90 Å². The second kappa shape index (κ2) is 7.64. The number of rotatable bonds is 7. The van der Waals surface area contributed by atoms with Gasteiger partial charge in [0.2, 0.25) is 0 Å². The second-order valence-electron chi connectivity index (χ2n) is 5.28. The van der Waals surface area contributed by atoms with Gasteiger partial charge in [-0.05, 0) is 37.1 Å². The molecule has 5 nitrogen and oxygen atoms in total. The fourth-order valence-corrected chi connectivity index (χ4v) is 2.82. The summed E-state index contributed by atoms with van der Waals surface area (Å²) in [6, 6.07) is 5.27. The molecule has 2 rings (SSSR count). The largest absolute Gasteiger partial charge is 0.482 e. The summed E-state index contributed by atoms with van der Waals surface area (Å²) in [5.74, 6) is 0.145. The van der Waals surface area contributed by atoms with Crippen LogP contribution in [0.5, 0.6) is 5.75 Å². The maximum absolute atomic E-state index is 10.6. The lowest BCUT2D eigenvalue weighted by atomic mass is 10.1. The molecule has 116 valence electrons. The Morgan fingerprint density at radius 3 is 3.05 bits per heavy atom. The number of carboxylic acid groups (broad SMARTS) is 1. The van der Waals surface area contributed by atoms with Crippen molar-refractivity contribution < 1.29 is 19.4 Å². The van der Waals surface area contributed by atoms with E-state index in [-0.39, 0.29) is 6.61 Å². The van der Waals surface area contributed by atoms with Gasteiger partial charge in [0.05, 0.1) is 6.61 Å². The molecule has 1 heterocycles. The smallest absolute Gasteiger partial charge is 0.341 e. The molecule has 21 heavy (non-hydrogen) atoms. The van der Waals surface area contributed by atoms with E-state index in [0.717, 1.165) is 31.7 Å². The van der Waals surface area contributed by atoms with Gasteiger partial charge in [0, 0.05) is 30.8 Å². The van der Waals surface area contributed by atoms with Crippen molar-refractivity contribution in [2.45, 2.75) is 13.0 Å². The predicted octanol–water partition coefficient (Wildman–Crippen LogP) is 2.27. The third-order valence-corrected chi connectivity index (χ3v) is 3.78. The number of hydrogen-bond donors (Lipinski definition) is 1. The van der Waals surface area contributed by atoms with Crippen molar-refractivity contribution in [2.75, 3.05) is 33.4 Å². The van der Waals surface area contributed by atoms with Crippen molar-refractivity contribution >= 4 is 17.6 Å². The molecule has 6 heteroatoms. The number of carbonyl (C=O) groups is 1. The number of benzene rings is 1. The molecule has 0 bridgehead atoms. The molecule has 0 saturated carbocycles. The monoisotopic (exact) mass is 313 g/mol. The van der Waals surface area contributed by atoms with Crippen molar-refractivity contribution in [1.29, 1.82) is 0 Å². The Hall–Kier alpha value is -1.30. The van der Waals surface area contributed by atoms with Gasteiger partial charge < -0.3 is 14.6 Å². The van der Waals surface area contributed by atoms with Gasteiger partial charge in [0.1, 0.15) is 5.75 Å². The number of likely N-dealkylation sites (tertiary alicyclic amines) is 1. The fourth-order valence-electron chi connectivity index (χ4n) is 2.62. The first-order chi connectivity index (χ1) is 10.1. The quantitative estimate of drug-likeness (QED) is 0.837. The van der Waals surface area contributed by atoms with Crippen molar-refractivity contribution in [3.05, 3.63) is 28.8 Å². The Balaban J connectivity index is 2.01.